The Labute approximate surface area is 111 Å². The topological polar surface area (TPSA) is 58.1 Å². The van der Waals surface area contributed by atoms with E-state index in [9.17, 15) is 4.79 Å². The van der Waals surface area contributed by atoms with Gasteiger partial charge in [-0.1, -0.05) is 18.3 Å². The first kappa shape index (κ1) is 11.9. The van der Waals surface area contributed by atoms with Gasteiger partial charge in [0.05, 0.1) is 17.1 Å². The van der Waals surface area contributed by atoms with E-state index in [1.54, 1.807) is 0 Å². The summed E-state index contributed by atoms with van der Waals surface area (Å²) in [6.45, 7) is 8.86. The van der Waals surface area contributed by atoms with Crippen LogP contribution in [0.15, 0.2) is 0 Å². The average Bonchev–Trinajstić information content (AvgIpc) is 2.78. The van der Waals surface area contributed by atoms with Gasteiger partial charge in [-0.3, -0.25) is 0 Å². The average molecular weight is 266 g/mol. The Kier molecular flexibility index (Phi) is 2.59. The van der Waals surface area contributed by atoms with Crippen LogP contribution < -0.4 is 5.32 Å². The summed E-state index contributed by atoms with van der Waals surface area (Å²) in [4.78, 5) is 15.0. The lowest BCUT2D eigenvalue weighted by Gasteiger charge is -2.22. The fourth-order valence-corrected chi connectivity index (χ4v) is 3.55. The first-order valence-corrected chi connectivity index (χ1v) is 7.08. The third-order valence-electron chi connectivity index (χ3n) is 4.55. The molecule has 3 rings (SSSR count). The van der Waals surface area contributed by atoms with Gasteiger partial charge in [0.15, 0.2) is 0 Å². The van der Waals surface area contributed by atoms with Gasteiger partial charge in [0.1, 0.15) is 0 Å². The molecular formula is C12H18N4OS. The van der Waals surface area contributed by atoms with E-state index in [0.717, 1.165) is 23.7 Å². The zero-order valence-corrected chi connectivity index (χ0v) is 11.8. The van der Waals surface area contributed by atoms with Gasteiger partial charge in [0, 0.05) is 13.1 Å². The zero-order chi connectivity index (χ0) is 12.9. The molecule has 1 aliphatic carbocycles. The summed E-state index contributed by atoms with van der Waals surface area (Å²) in [5.41, 5.74) is 1.36. The van der Waals surface area contributed by atoms with Crippen molar-refractivity contribution in [2.45, 2.75) is 27.3 Å². The summed E-state index contributed by atoms with van der Waals surface area (Å²) in [6, 6.07) is 0.0470. The molecule has 1 saturated carbocycles. The van der Waals surface area contributed by atoms with Crippen LogP contribution in [0.2, 0.25) is 0 Å². The number of hydrogen-bond acceptors (Lipinski definition) is 4. The van der Waals surface area contributed by atoms with Gasteiger partial charge in [0.25, 0.3) is 0 Å². The Bertz CT molecular complexity index is 470. The quantitative estimate of drug-likeness (QED) is 0.885. The highest BCUT2D eigenvalue weighted by molar-refractivity contribution is 7.05. The minimum Gasteiger partial charge on any atom is -0.333 e. The molecule has 1 aromatic rings. The molecular weight excluding hydrogens is 248 g/mol. The van der Waals surface area contributed by atoms with Crippen LogP contribution in [-0.4, -0.2) is 33.6 Å². The second-order valence-electron chi connectivity index (χ2n) is 5.88. The zero-order valence-electron chi connectivity index (χ0n) is 10.9. The Hall–Kier alpha value is -1.17. The van der Waals surface area contributed by atoms with Gasteiger partial charge in [-0.2, -0.15) is 0 Å². The largest absolute Gasteiger partial charge is 0.333 e. The molecule has 0 aromatic carbocycles. The van der Waals surface area contributed by atoms with E-state index in [4.69, 9.17) is 0 Å². The van der Waals surface area contributed by atoms with Crippen molar-refractivity contribution >= 4 is 17.6 Å². The third-order valence-corrected chi connectivity index (χ3v) is 5.38. The first-order valence-electron chi connectivity index (χ1n) is 6.30. The number of carbonyl (C=O) groups excluding carboxylic acids is 1. The minimum atomic E-state index is 0.0470. The molecule has 2 amide bonds. The number of likely N-dealkylation sites (tertiary alicyclic amines) is 1. The first-order chi connectivity index (χ1) is 8.50. The molecule has 2 fully saturated rings. The smallest absolute Gasteiger partial charge is 0.317 e. The van der Waals surface area contributed by atoms with Crippen LogP contribution in [0, 0.1) is 24.2 Å². The van der Waals surface area contributed by atoms with Crippen molar-refractivity contribution in [1.29, 1.82) is 0 Å². The summed E-state index contributed by atoms with van der Waals surface area (Å²) in [5, 5.41) is 6.89. The molecule has 2 aliphatic rings. The lowest BCUT2D eigenvalue weighted by atomic mass is 10.1. The van der Waals surface area contributed by atoms with Crippen molar-refractivity contribution in [2.24, 2.45) is 17.3 Å². The summed E-state index contributed by atoms with van der Waals surface area (Å²) in [7, 11) is 0. The summed E-state index contributed by atoms with van der Waals surface area (Å²) < 4.78 is 3.86. The highest BCUT2D eigenvalue weighted by Gasteiger charge is 2.62. The molecule has 1 N–H and O–H groups in total. The molecule has 18 heavy (non-hydrogen) atoms. The van der Waals surface area contributed by atoms with Crippen LogP contribution >= 0.6 is 11.5 Å². The number of aryl methyl sites for hydroxylation is 1. The van der Waals surface area contributed by atoms with Gasteiger partial charge in [-0.25, -0.2) is 4.79 Å². The lowest BCUT2D eigenvalue weighted by molar-refractivity contribution is 0.196. The van der Waals surface area contributed by atoms with Crippen molar-refractivity contribution < 1.29 is 4.79 Å². The third kappa shape index (κ3) is 1.79. The number of rotatable bonds is 2. The maximum absolute atomic E-state index is 12.0. The van der Waals surface area contributed by atoms with E-state index in [1.165, 1.54) is 11.5 Å². The number of nitrogens with zero attached hydrogens (tertiary/aromatic N) is 3. The van der Waals surface area contributed by atoms with Crippen LogP contribution in [0.3, 0.4) is 0 Å². The second-order valence-corrected chi connectivity index (χ2v) is 6.72. The molecule has 2 heterocycles. The van der Waals surface area contributed by atoms with E-state index in [0.29, 0.717) is 23.8 Å². The lowest BCUT2D eigenvalue weighted by Crippen LogP contribution is -2.40. The van der Waals surface area contributed by atoms with Crippen LogP contribution in [-0.2, 0) is 6.54 Å². The summed E-state index contributed by atoms with van der Waals surface area (Å²) in [5.74, 6) is 1.41. The van der Waals surface area contributed by atoms with Crippen molar-refractivity contribution in [1.82, 2.24) is 19.8 Å². The van der Waals surface area contributed by atoms with E-state index >= 15 is 0 Å². The maximum atomic E-state index is 12.0. The number of amides is 2. The Morgan fingerprint density at radius 3 is 2.72 bits per heavy atom. The predicted molar refractivity (Wildman–Crippen MR) is 69.2 cm³/mol. The molecule has 1 aliphatic heterocycles. The SMILES string of the molecule is Cc1nnsc1CNC(=O)N1CC2C(C1)C2(C)C. The standard InChI is InChI=1S/C12H18N4OS/c1-7-10(18-15-14-7)4-13-11(17)16-5-8-9(6-16)12(8,2)3/h8-9H,4-6H2,1-3H3,(H,13,17). The number of nitrogens with one attached hydrogen (secondary N) is 1. The summed E-state index contributed by atoms with van der Waals surface area (Å²) >= 11 is 1.35. The Morgan fingerprint density at radius 2 is 2.17 bits per heavy atom. The number of carbonyl (C=O) groups is 1. The van der Waals surface area contributed by atoms with E-state index in [-0.39, 0.29) is 6.03 Å². The molecule has 2 atom stereocenters. The van der Waals surface area contributed by atoms with Crippen LogP contribution in [0.5, 0.6) is 0 Å². The van der Waals surface area contributed by atoms with Gasteiger partial charge >= 0.3 is 6.03 Å². The molecule has 0 radical (unpaired) electrons. The van der Waals surface area contributed by atoms with Gasteiger partial charge < -0.3 is 10.2 Å². The van der Waals surface area contributed by atoms with Crippen molar-refractivity contribution in [3.63, 3.8) is 0 Å². The maximum Gasteiger partial charge on any atom is 0.317 e. The molecule has 0 bridgehead atoms. The molecule has 2 unspecified atom stereocenters. The number of fused-ring (bicyclic) bond motifs is 1. The Morgan fingerprint density at radius 1 is 1.50 bits per heavy atom. The highest BCUT2D eigenvalue weighted by Crippen LogP contribution is 2.61. The van der Waals surface area contributed by atoms with Crippen molar-refractivity contribution in [3.8, 4) is 0 Å². The minimum absolute atomic E-state index is 0.0470. The van der Waals surface area contributed by atoms with E-state index in [1.807, 2.05) is 11.8 Å². The monoisotopic (exact) mass is 266 g/mol. The van der Waals surface area contributed by atoms with E-state index in [2.05, 4.69) is 28.8 Å². The van der Waals surface area contributed by atoms with E-state index < -0.39 is 0 Å². The summed E-state index contributed by atoms with van der Waals surface area (Å²) in [6.07, 6.45) is 0. The van der Waals surface area contributed by atoms with Gasteiger partial charge in [0.2, 0.25) is 0 Å². The fourth-order valence-electron chi connectivity index (χ4n) is 2.98. The normalized spacial score (nSPS) is 28.1. The molecule has 1 aromatic heterocycles. The molecule has 5 nitrogen and oxygen atoms in total. The van der Waals surface area contributed by atoms with Crippen LogP contribution in [0.4, 0.5) is 4.79 Å². The second kappa shape index (κ2) is 3.91. The number of piperidine rings is 1. The molecule has 1 saturated heterocycles. The molecule has 0 spiro atoms. The fraction of sp³-hybridized carbons (Fsp3) is 0.750. The number of aromatic nitrogens is 2. The van der Waals surface area contributed by atoms with Crippen molar-refractivity contribution in [3.05, 3.63) is 10.6 Å². The molecule has 6 heteroatoms. The number of urea groups is 1. The van der Waals surface area contributed by atoms with Crippen LogP contribution in [0.25, 0.3) is 0 Å². The highest BCUT2D eigenvalue weighted by atomic mass is 32.1. The number of hydrogen-bond donors (Lipinski definition) is 1. The van der Waals surface area contributed by atoms with Gasteiger partial charge in [-0.15, -0.1) is 5.10 Å². The van der Waals surface area contributed by atoms with Crippen LogP contribution in [0.1, 0.15) is 24.4 Å². The van der Waals surface area contributed by atoms with Crippen molar-refractivity contribution in [2.75, 3.05) is 13.1 Å². The molecule has 98 valence electrons. The van der Waals surface area contributed by atoms with Gasteiger partial charge in [-0.05, 0) is 35.7 Å². The predicted octanol–water partition coefficient (Wildman–Crippen LogP) is 1.64. The Balaban J connectivity index is 1.51.